The zero-order valence-corrected chi connectivity index (χ0v) is 13.1. The van der Waals surface area contributed by atoms with Crippen molar-refractivity contribution < 1.29 is 9.53 Å². The van der Waals surface area contributed by atoms with Crippen molar-refractivity contribution in [3.8, 4) is 5.75 Å². The van der Waals surface area contributed by atoms with Crippen molar-refractivity contribution in [2.75, 3.05) is 11.9 Å². The van der Waals surface area contributed by atoms with E-state index in [-0.39, 0.29) is 5.78 Å². The number of Topliss-reactive ketones (excluding diaryl/α,β-unsaturated/α-hetero) is 1. The number of ketones is 1. The number of benzene rings is 2. The molecule has 2 rings (SSSR count). The smallest absolute Gasteiger partial charge is 0.269 e. The monoisotopic (exact) mass is 299 g/mol. The summed E-state index contributed by atoms with van der Waals surface area (Å²) in [6.07, 6.45) is 0. The van der Waals surface area contributed by atoms with Crippen molar-refractivity contribution in [1.82, 2.24) is 0 Å². The van der Waals surface area contributed by atoms with Gasteiger partial charge in [0, 0.05) is 18.3 Å². The van der Waals surface area contributed by atoms with E-state index in [0.29, 0.717) is 16.5 Å². The first-order valence-corrected chi connectivity index (χ1v) is 7.01. The van der Waals surface area contributed by atoms with Gasteiger partial charge in [0.1, 0.15) is 5.75 Å². The summed E-state index contributed by atoms with van der Waals surface area (Å²) in [5, 5.41) is 0.358. The maximum absolute atomic E-state index is 11.2. The number of aryl methyl sites for hydroxylation is 1. The molecule has 0 saturated carbocycles. The van der Waals surface area contributed by atoms with Gasteiger partial charge in [-0.1, -0.05) is 12.1 Å². The van der Waals surface area contributed by atoms with Gasteiger partial charge in [0.15, 0.2) is 5.78 Å². The van der Waals surface area contributed by atoms with Crippen molar-refractivity contribution in [3.63, 3.8) is 0 Å². The van der Waals surface area contributed by atoms with Gasteiger partial charge in [0.05, 0.1) is 0 Å². The zero-order chi connectivity index (χ0) is 15.4. The molecule has 0 bridgehead atoms. The second kappa shape index (κ2) is 6.50. The first-order valence-electron chi connectivity index (χ1n) is 6.60. The summed E-state index contributed by atoms with van der Waals surface area (Å²) in [5.74, 6) is 0.644. The molecule has 108 valence electrons. The van der Waals surface area contributed by atoms with E-state index < -0.39 is 0 Å². The molecule has 4 heteroatoms. The van der Waals surface area contributed by atoms with Crippen molar-refractivity contribution in [2.45, 2.75) is 13.8 Å². The number of ether oxygens (including phenoxy) is 1. The molecule has 0 atom stereocenters. The van der Waals surface area contributed by atoms with Gasteiger partial charge in [-0.2, -0.15) is 0 Å². The van der Waals surface area contributed by atoms with E-state index in [1.54, 1.807) is 29.2 Å². The Kier molecular flexibility index (Phi) is 4.70. The number of rotatable bonds is 3. The molecule has 21 heavy (non-hydrogen) atoms. The van der Waals surface area contributed by atoms with Crippen LogP contribution < -0.4 is 9.64 Å². The third-order valence-corrected chi connectivity index (χ3v) is 3.49. The second-order valence-electron chi connectivity index (χ2n) is 4.85. The van der Waals surface area contributed by atoms with Crippen LogP contribution in [0.25, 0.3) is 0 Å². The van der Waals surface area contributed by atoms with Gasteiger partial charge < -0.3 is 9.64 Å². The maximum atomic E-state index is 11.2. The van der Waals surface area contributed by atoms with Crippen LogP contribution in [0.2, 0.25) is 0 Å². The first-order chi connectivity index (χ1) is 9.97. The minimum atomic E-state index is 0.0287. The molecule has 0 aliphatic heterocycles. The predicted molar refractivity (Wildman–Crippen MR) is 89.3 cm³/mol. The van der Waals surface area contributed by atoms with Crippen LogP contribution >= 0.6 is 12.2 Å². The number of hydrogen-bond donors (Lipinski definition) is 0. The van der Waals surface area contributed by atoms with Crippen LogP contribution in [-0.4, -0.2) is 18.0 Å². The maximum Gasteiger partial charge on any atom is 0.269 e. The predicted octanol–water partition coefficient (Wildman–Crippen LogP) is 4.00. The summed E-state index contributed by atoms with van der Waals surface area (Å²) in [6.45, 7) is 3.56. The molecule has 2 aromatic rings. The highest BCUT2D eigenvalue weighted by Crippen LogP contribution is 2.18. The van der Waals surface area contributed by atoms with Crippen LogP contribution in [0.4, 0.5) is 5.69 Å². The number of carbonyl (C=O) groups is 1. The number of thiocarbonyl (C=S) groups is 1. The second-order valence-corrected chi connectivity index (χ2v) is 5.20. The Labute approximate surface area is 130 Å². The Morgan fingerprint density at radius 1 is 1.14 bits per heavy atom. The van der Waals surface area contributed by atoms with Crippen molar-refractivity contribution in [1.29, 1.82) is 0 Å². The van der Waals surface area contributed by atoms with Gasteiger partial charge >= 0.3 is 0 Å². The molecule has 0 N–H and O–H groups in total. The Bertz CT molecular complexity index is 665. The standard InChI is InChI=1S/C17H17NO2S/c1-12-5-4-6-15(11-12)18(3)17(21)20-16-9-7-14(8-10-16)13(2)19/h4-11H,1-3H3. The number of hydrogen-bond acceptors (Lipinski definition) is 3. The molecule has 0 unspecified atom stereocenters. The third-order valence-electron chi connectivity index (χ3n) is 3.13. The lowest BCUT2D eigenvalue weighted by molar-refractivity contribution is 0.101. The summed E-state index contributed by atoms with van der Waals surface area (Å²) in [6, 6.07) is 15.0. The van der Waals surface area contributed by atoms with Gasteiger partial charge in [-0.25, -0.2) is 0 Å². The van der Waals surface area contributed by atoms with Crippen molar-refractivity contribution >= 4 is 28.9 Å². The molecule has 0 aliphatic rings. The molecular weight excluding hydrogens is 282 g/mol. The molecule has 0 aliphatic carbocycles. The van der Waals surface area contributed by atoms with Crippen LogP contribution in [0, 0.1) is 6.92 Å². The Morgan fingerprint density at radius 3 is 2.38 bits per heavy atom. The van der Waals surface area contributed by atoms with E-state index in [2.05, 4.69) is 0 Å². The largest absolute Gasteiger partial charge is 0.432 e. The molecule has 0 fully saturated rings. The molecule has 0 aromatic heterocycles. The minimum absolute atomic E-state index is 0.0287. The van der Waals surface area contributed by atoms with E-state index >= 15 is 0 Å². The lowest BCUT2D eigenvalue weighted by atomic mass is 10.1. The summed E-state index contributed by atoms with van der Waals surface area (Å²) in [5.41, 5.74) is 2.79. The Morgan fingerprint density at radius 2 is 1.81 bits per heavy atom. The fraction of sp³-hybridized carbons (Fsp3) is 0.176. The molecule has 0 amide bonds. The van der Waals surface area contributed by atoms with Gasteiger partial charge in [-0.15, -0.1) is 0 Å². The normalized spacial score (nSPS) is 10.0. The van der Waals surface area contributed by atoms with Crippen LogP contribution in [0.15, 0.2) is 48.5 Å². The fourth-order valence-corrected chi connectivity index (χ4v) is 2.07. The van der Waals surface area contributed by atoms with E-state index in [9.17, 15) is 4.79 Å². The van der Waals surface area contributed by atoms with E-state index in [0.717, 1.165) is 11.3 Å². The van der Waals surface area contributed by atoms with Gasteiger partial charge in [-0.3, -0.25) is 4.79 Å². The Balaban J connectivity index is 2.08. The van der Waals surface area contributed by atoms with Crippen LogP contribution in [0.5, 0.6) is 5.75 Å². The average Bonchev–Trinajstić information content (AvgIpc) is 2.47. The molecule has 0 heterocycles. The van der Waals surface area contributed by atoms with Gasteiger partial charge in [0.2, 0.25) is 0 Å². The number of carbonyl (C=O) groups excluding carboxylic acids is 1. The topological polar surface area (TPSA) is 29.5 Å². The van der Waals surface area contributed by atoms with E-state index in [1.165, 1.54) is 6.92 Å². The minimum Gasteiger partial charge on any atom is -0.432 e. The zero-order valence-electron chi connectivity index (χ0n) is 12.3. The summed E-state index contributed by atoms with van der Waals surface area (Å²) < 4.78 is 5.65. The van der Waals surface area contributed by atoms with Crippen molar-refractivity contribution in [3.05, 3.63) is 59.7 Å². The highest BCUT2D eigenvalue weighted by atomic mass is 32.1. The fourth-order valence-electron chi connectivity index (χ4n) is 1.87. The average molecular weight is 299 g/mol. The van der Waals surface area contributed by atoms with Crippen LogP contribution in [0.1, 0.15) is 22.8 Å². The molecule has 0 saturated heterocycles. The van der Waals surface area contributed by atoms with E-state index in [1.807, 2.05) is 38.2 Å². The molecule has 3 nitrogen and oxygen atoms in total. The first kappa shape index (κ1) is 15.2. The van der Waals surface area contributed by atoms with Crippen LogP contribution in [0.3, 0.4) is 0 Å². The molecule has 0 spiro atoms. The van der Waals surface area contributed by atoms with Gasteiger partial charge in [-0.05, 0) is 68.0 Å². The summed E-state index contributed by atoms with van der Waals surface area (Å²) >= 11 is 5.31. The quantitative estimate of drug-likeness (QED) is 0.633. The molecule has 2 aromatic carbocycles. The SMILES string of the molecule is CC(=O)c1ccc(OC(=S)N(C)c2cccc(C)c2)cc1. The highest BCUT2D eigenvalue weighted by molar-refractivity contribution is 7.80. The Hall–Kier alpha value is -2.20. The molecular formula is C17H17NO2S. The van der Waals surface area contributed by atoms with Crippen LogP contribution in [-0.2, 0) is 0 Å². The lowest BCUT2D eigenvalue weighted by Gasteiger charge is -2.20. The van der Waals surface area contributed by atoms with Gasteiger partial charge in [0.25, 0.3) is 5.17 Å². The van der Waals surface area contributed by atoms with Crippen molar-refractivity contribution in [2.24, 2.45) is 0 Å². The molecule has 0 radical (unpaired) electrons. The highest BCUT2D eigenvalue weighted by Gasteiger charge is 2.09. The summed E-state index contributed by atoms with van der Waals surface area (Å²) in [7, 11) is 1.86. The van der Waals surface area contributed by atoms with E-state index in [4.69, 9.17) is 17.0 Å². The summed E-state index contributed by atoms with van der Waals surface area (Å²) in [4.78, 5) is 13.0. The third kappa shape index (κ3) is 3.89. The number of anilines is 1. The number of nitrogens with zero attached hydrogens (tertiary/aromatic N) is 1. The lowest BCUT2D eigenvalue weighted by Crippen LogP contribution is -2.29.